The lowest BCUT2D eigenvalue weighted by Crippen LogP contribution is -3.07. The summed E-state index contributed by atoms with van der Waals surface area (Å²) in [4.78, 5) is 59.8. The Labute approximate surface area is 246 Å². The molecule has 1 aromatic carbocycles. The summed E-state index contributed by atoms with van der Waals surface area (Å²) in [6, 6.07) is 5.18. The minimum Gasteiger partial charge on any atom is -0.342 e. The number of carbonyl (C=O) groups is 4. The van der Waals surface area contributed by atoms with Crippen LogP contribution in [0, 0.1) is 46.8 Å². The van der Waals surface area contributed by atoms with Gasteiger partial charge in [0.1, 0.15) is 6.04 Å². The summed E-state index contributed by atoms with van der Waals surface area (Å²) >= 11 is 0. The Bertz CT molecular complexity index is 1820. The van der Waals surface area contributed by atoms with E-state index >= 15 is 0 Å². The average molecular weight is 575 g/mol. The molecule has 2 aromatic heterocycles. The third kappa shape index (κ3) is 2.40. The third-order valence-electron chi connectivity index (χ3n) is 13.2. The average Bonchev–Trinajstić information content (AvgIpc) is 3.61. The minimum atomic E-state index is -0.728. The molecule has 3 aromatic rings. The van der Waals surface area contributed by atoms with E-state index < -0.39 is 11.9 Å². The van der Waals surface area contributed by atoms with Crippen molar-refractivity contribution in [3.05, 3.63) is 53.6 Å². The van der Waals surface area contributed by atoms with Crippen LogP contribution in [0.1, 0.15) is 53.3 Å². The fourth-order valence-electron chi connectivity index (χ4n) is 11.6. The van der Waals surface area contributed by atoms with Crippen LogP contribution < -0.4 is 10.2 Å². The molecule has 12 rings (SSSR count). The number of nitrogens with zero attached hydrogens (tertiary/aromatic N) is 5. The van der Waals surface area contributed by atoms with Gasteiger partial charge in [0.2, 0.25) is 17.7 Å². The zero-order valence-corrected chi connectivity index (χ0v) is 23.5. The molecule has 2 saturated heterocycles. The molecule has 4 amide bonds. The van der Waals surface area contributed by atoms with Gasteiger partial charge in [0.15, 0.2) is 0 Å². The maximum Gasteiger partial charge on any atom is 0.259 e. The van der Waals surface area contributed by atoms with Gasteiger partial charge in [-0.25, -0.2) is 0 Å². The molecule has 8 fully saturated rings. The van der Waals surface area contributed by atoms with Crippen LogP contribution in [0.4, 0.5) is 5.69 Å². The predicted molar refractivity (Wildman–Crippen MR) is 151 cm³/mol. The quantitative estimate of drug-likeness (QED) is 0.468. The van der Waals surface area contributed by atoms with E-state index in [2.05, 4.69) is 21.1 Å². The standard InChI is InChI=1S/C33H30N6O4/c40-21-5-4-19(30(41)36-21)39-20-12-34-18(16-2-1-3-17(22(16)20)31(39)42)10-14-11-35-38(13-14)15-6-8-37(9-7-15)32(43)33-27-24-23-25(27)29(33)26(23)28(24)33/h1-3,11-13,15,19,23-29H,4-10H2,(H,36,40,41). The van der Waals surface area contributed by atoms with Crippen LogP contribution in [0.3, 0.4) is 0 Å². The zero-order chi connectivity index (χ0) is 28.5. The number of pyridine rings is 1. The summed E-state index contributed by atoms with van der Waals surface area (Å²) in [5.74, 6) is 5.61. The van der Waals surface area contributed by atoms with Crippen LogP contribution in [-0.4, -0.2) is 62.4 Å². The van der Waals surface area contributed by atoms with E-state index in [1.165, 1.54) is 4.90 Å². The number of hydrogen-bond acceptors (Lipinski definition) is 6. The number of hydrogen-bond donors (Lipinski definition) is 1. The zero-order valence-electron chi connectivity index (χ0n) is 23.5. The second-order valence-electron chi connectivity index (χ2n) is 14.3. The van der Waals surface area contributed by atoms with Crippen molar-refractivity contribution in [1.82, 2.24) is 25.0 Å². The van der Waals surface area contributed by atoms with Crippen LogP contribution in [0.2, 0.25) is 0 Å². The van der Waals surface area contributed by atoms with E-state index in [0.29, 0.717) is 30.0 Å². The van der Waals surface area contributed by atoms with Crippen molar-refractivity contribution in [2.75, 3.05) is 18.0 Å². The first-order valence-electron chi connectivity index (χ1n) is 15.9. The van der Waals surface area contributed by atoms with Gasteiger partial charge in [0.05, 0.1) is 35.2 Å². The summed E-state index contributed by atoms with van der Waals surface area (Å²) in [6.45, 7) is 1.65. The van der Waals surface area contributed by atoms with E-state index in [1.807, 2.05) is 18.3 Å². The molecule has 43 heavy (non-hydrogen) atoms. The first-order chi connectivity index (χ1) is 21.0. The monoisotopic (exact) mass is 574 g/mol. The lowest BCUT2D eigenvalue weighted by molar-refractivity contribution is -0.597. The highest BCUT2D eigenvalue weighted by atomic mass is 16.2. The highest BCUT2D eigenvalue weighted by Crippen LogP contribution is 3.06. The first kappa shape index (κ1) is 23.4. The molecule has 0 radical (unpaired) electrons. The maximum absolute atomic E-state index is 13.6. The lowest BCUT2D eigenvalue weighted by atomic mass is 8.96. The number of nitrogens with one attached hydrogen (secondary N) is 1. The molecule has 10 heteroatoms. The summed E-state index contributed by atoms with van der Waals surface area (Å²) in [6.07, 6.45) is 8.62. The van der Waals surface area contributed by atoms with Crippen molar-refractivity contribution < 1.29 is 19.2 Å². The number of aromatic nitrogens is 3. The van der Waals surface area contributed by atoms with Crippen LogP contribution in [0.25, 0.3) is 10.8 Å². The largest absolute Gasteiger partial charge is 0.342 e. The van der Waals surface area contributed by atoms with Crippen LogP contribution in [0.15, 0.2) is 36.8 Å². The molecular formula is C33H30N6O4. The van der Waals surface area contributed by atoms with E-state index in [4.69, 9.17) is 10.1 Å². The first-order valence-corrected chi connectivity index (χ1v) is 15.9. The Morgan fingerprint density at radius 1 is 0.977 bits per heavy atom. The second kappa shape index (κ2) is 7.34. The molecule has 10 nitrogen and oxygen atoms in total. The number of benzene rings is 1. The Morgan fingerprint density at radius 2 is 1.74 bits per heavy atom. The predicted octanol–water partition coefficient (Wildman–Crippen LogP) is 2.32. The highest BCUT2D eigenvalue weighted by molar-refractivity contribution is 6.27. The Morgan fingerprint density at radius 3 is 2.49 bits per heavy atom. The van der Waals surface area contributed by atoms with Gasteiger partial charge in [0, 0.05) is 48.5 Å². The molecule has 6 saturated carbocycles. The summed E-state index contributed by atoms with van der Waals surface area (Å²) in [7, 11) is 0. The highest BCUT2D eigenvalue weighted by Gasteiger charge is 3.06. The molecule has 1 atom stereocenters. The molecule has 1 N–H and O–H groups in total. The van der Waals surface area contributed by atoms with Gasteiger partial charge in [-0.05, 0) is 72.3 Å². The molecule has 0 bridgehead atoms. The molecule has 5 heterocycles. The number of piperidine rings is 2. The molecule has 0 spiro atoms. The van der Waals surface area contributed by atoms with Gasteiger partial charge in [-0.3, -0.25) is 39.1 Å². The van der Waals surface area contributed by atoms with E-state index in [0.717, 1.165) is 89.4 Å². The van der Waals surface area contributed by atoms with Gasteiger partial charge in [0.25, 0.3) is 5.91 Å². The topological polar surface area (TPSA) is 118 Å². The van der Waals surface area contributed by atoms with Crippen molar-refractivity contribution in [3.8, 4) is 0 Å². The smallest absolute Gasteiger partial charge is 0.259 e. The number of likely N-dealkylation sites (tertiary alicyclic amines) is 1. The third-order valence-corrected chi connectivity index (χ3v) is 13.2. The normalized spacial score (nSPS) is 39.0. The molecule has 1 unspecified atom stereocenters. The fourth-order valence-corrected chi connectivity index (χ4v) is 11.6. The Kier molecular flexibility index (Phi) is 3.99. The minimum absolute atomic E-state index is 0.0939. The molecule has 216 valence electrons. The summed E-state index contributed by atoms with van der Waals surface area (Å²) < 4.78 is 2.07. The van der Waals surface area contributed by atoms with Gasteiger partial charge in [-0.15, -0.1) is 0 Å². The SMILES string of the molecule is O=C1CCC(N2C(=O)c3cccc4c(Cc5cnn(C6CCN(C(=O)C78C9C%10C%11C9C7C%11C%108)CC6)c5)ncc2c34)C(=O)N1. The number of imide groups is 1. The Hall–Kier alpha value is -4.08. The summed E-state index contributed by atoms with van der Waals surface area (Å²) in [5, 5.41) is 8.79. The lowest BCUT2D eigenvalue weighted by Gasteiger charge is -3.06. The fraction of sp³-hybridized carbons (Fsp3) is 0.515. The molecule has 9 aliphatic rings. The van der Waals surface area contributed by atoms with Gasteiger partial charge >= 0.3 is 0 Å². The van der Waals surface area contributed by atoms with Crippen molar-refractivity contribution in [2.45, 2.75) is 44.2 Å². The van der Waals surface area contributed by atoms with Crippen molar-refractivity contribution in [3.63, 3.8) is 0 Å². The van der Waals surface area contributed by atoms with Gasteiger partial charge in [-0.1, -0.05) is 12.1 Å². The van der Waals surface area contributed by atoms with Crippen LogP contribution in [-0.2, 0) is 20.8 Å². The van der Waals surface area contributed by atoms with Crippen molar-refractivity contribution >= 4 is 40.1 Å². The number of amides is 4. The van der Waals surface area contributed by atoms with E-state index in [1.54, 1.807) is 12.3 Å². The number of anilines is 1. The Balaban J connectivity index is 0.810. The van der Waals surface area contributed by atoms with Gasteiger partial charge < -0.3 is 4.90 Å². The van der Waals surface area contributed by atoms with Crippen LogP contribution >= 0.6 is 0 Å². The van der Waals surface area contributed by atoms with Crippen LogP contribution in [0.5, 0.6) is 0 Å². The summed E-state index contributed by atoms with van der Waals surface area (Å²) in [5.41, 5.74) is 3.17. The number of rotatable bonds is 5. The van der Waals surface area contributed by atoms with Crippen molar-refractivity contribution in [2.24, 2.45) is 46.8 Å². The van der Waals surface area contributed by atoms with Crippen molar-refractivity contribution in [1.29, 1.82) is 0 Å². The number of carbonyl (C=O) groups excluding carboxylic acids is 4. The second-order valence-corrected chi connectivity index (χ2v) is 14.3. The molecule has 3 aliphatic heterocycles. The van der Waals surface area contributed by atoms with E-state index in [9.17, 15) is 19.2 Å². The molecule has 6 aliphatic carbocycles. The maximum atomic E-state index is 13.6. The van der Waals surface area contributed by atoms with E-state index in [-0.39, 0.29) is 29.7 Å². The van der Waals surface area contributed by atoms with Gasteiger partial charge in [-0.2, -0.15) is 5.10 Å². The molecular weight excluding hydrogens is 544 g/mol.